The SMILES string of the molecule is Cc1cccc(C(=O)N(C)Cc2ccc(CN)cc2)c1F. The summed E-state index contributed by atoms with van der Waals surface area (Å²) in [6.45, 7) is 2.57. The predicted molar refractivity (Wildman–Crippen MR) is 81.3 cm³/mol. The molecule has 2 aromatic carbocycles. The molecule has 0 aliphatic heterocycles. The molecule has 1 amide bonds. The van der Waals surface area contributed by atoms with E-state index >= 15 is 0 Å². The first kappa shape index (κ1) is 15.2. The molecule has 0 aliphatic carbocycles. The average molecular weight is 286 g/mol. The van der Waals surface area contributed by atoms with Crippen molar-refractivity contribution in [2.45, 2.75) is 20.0 Å². The quantitative estimate of drug-likeness (QED) is 0.939. The minimum absolute atomic E-state index is 0.107. The number of halogens is 1. The first-order chi connectivity index (χ1) is 10.0. The van der Waals surface area contributed by atoms with Gasteiger partial charge >= 0.3 is 0 Å². The van der Waals surface area contributed by atoms with Crippen LogP contribution >= 0.6 is 0 Å². The number of aryl methyl sites for hydroxylation is 1. The highest BCUT2D eigenvalue weighted by atomic mass is 19.1. The topological polar surface area (TPSA) is 46.3 Å². The second-order valence-electron chi connectivity index (χ2n) is 5.12. The second-order valence-corrected chi connectivity index (χ2v) is 5.12. The van der Waals surface area contributed by atoms with Crippen molar-refractivity contribution in [3.63, 3.8) is 0 Å². The van der Waals surface area contributed by atoms with Crippen molar-refractivity contribution in [2.24, 2.45) is 5.73 Å². The van der Waals surface area contributed by atoms with E-state index < -0.39 is 5.82 Å². The van der Waals surface area contributed by atoms with Crippen LogP contribution in [-0.4, -0.2) is 17.9 Å². The Morgan fingerprint density at radius 3 is 2.38 bits per heavy atom. The van der Waals surface area contributed by atoms with Crippen LogP contribution in [0.25, 0.3) is 0 Å². The summed E-state index contributed by atoms with van der Waals surface area (Å²) in [6, 6.07) is 12.6. The van der Waals surface area contributed by atoms with E-state index in [1.54, 1.807) is 26.1 Å². The van der Waals surface area contributed by atoms with Gasteiger partial charge < -0.3 is 10.6 Å². The molecule has 0 unspecified atom stereocenters. The summed E-state index contributed by atoms with van der Waals surface area (Å²) in [6.07, 6.45) is 0. The van der Waals surface area contributed by atoms with E-state index in [0.29, 0.717) is 18.7 Å². The third-order valence-electron chi connectivity index (χ3n) is 3.45. The van der Waals surface area contributed by atoms with Crippen molar-refractivity contribution >= 4 is 5.91 Å². The van der Waals surface area contributed by atoms with Gasteiger partial charge in [0.1, 0.15) is 5.82 Å². The molecule has 4 heteroatoms. The number of rotatable bonds is 4. The highest BCUT2D eigenvalue weighted by Gasteiger charge is 2.17. The van der Waals surface area contributed by atoms with Gasteiger partial charge in [0.15, 0.2) is 0 Å². The van der Waals surface area contributed by atoms with Gasteiger partial charge in [0.05, 0.1) is 5.56 Å². The first-order valence-electron chi connectivity index (χ1n) is 6.81. The van der Waals surface area contributed by atoms with Crippen LogP contribution in [0.1, 0.15) is 27.0 Å². The molecular formula is C17H19FN2O. The molecule has 0 bridgehead atoms. The van der Waals surface area contributed by atoms with Crippen molar-refractivity contribution < 1.29 is 9.18 Å². The highest BCUT2D eigenvalue weighted by molar-refractivity contribution is 5.94. The number of benzene rings is 2. The van der Waals surface area contributed by atoms with E-state index in [4.69, 9.17) is 5.73 Å². The third kappa shape index (κ3) is 3.47. The lowest BCUT2D eigenvalue weighted by Gasteiger charge is -2.18. The highest BCUT2D eigenvalue weighted by Crippen LogP contribution is 2.15. The fourth-order valence-corrected chi connectivity index (χ4v) is 2.14. The van der Waals surface area contributed by atoms with E-state index in [9.17, 15) is 9.18 Å². The predicted octanol–water partition coefficient (Wildman–Crippen LogP) is 2.87. The molecule has 0 spiro atoms. The Morgan fingerprint density at radius 2 is 1.76 bits per heavy atom. The van der Waals surface area contributed by atoms with Crippen LogP contribution < -0.4 is 5.73 Å². The lowest BCUT2D eigenvalue weighted by atomic mass is 10.1. The summed E-state index contributed by atoms with van der Waals surface area (Å²) in [5, 5.41) is 0. The molecule has 0 atom stereocenters. The summed E-state index contributed by atoms with van der Waals surface area (Å²) in [4.78, 5) is 13.8. The Morgan fingerprint density at radius 1 is 1.14 bits per heavy atom. The Balaban J connectivity index is 2.13. The van der Waals surface area contributed by atoms with Crippen LogP contribution in [-0.2, 0) is 13.1 Å². The van der Waals surface area contributed by atoms with Crippen LogP contribution in [0.4, 0.5) is 4.39 Å². The van der Waals surface area contributed by atoms with Gasteiger partial charge in [-0.2, -0.15) is 0 Å². The monoisotopic (exact) mass is 286 g/mol. The van der Waals surface area contributed by atoms with Crippen LogP contribution in [0.5, 0.6) is 0 Å². The molecule has 2 N–H and O–H groups in total. The summed E-state index contributed by atoms with van der Waals surface area (Å²) >= 11 is 0. The molecule has 2 aromatic rings. The standard InChI is InChI=1S/C17H19FN2O/c1-12-4-3-5-15(16(12)18)17(21)20(2)11-14-8-6-13(10-19)7-9-14/h3-9H,10-11,19H2,1-2H3. The fourth-order valence-electron chi connectivity index (χ4n) is 2.14. The largest absolute Gasteiger partial charge is 0.337 e. The Labute approximate surface area is 124 Å². The molecule has 0 fully saturated rings. The molecule has 0 radical (unpaired) electrons. The third-order valence-corrected chi connectivity index (χ3v) is 3.45. The van der Waals surface area contributed by atoms with Gasteiger partial charge in [0, 0.05) is 20.1 Å². The summed E-state index contributed by atoms with van der Waals surface area (Å²) < 4.78 is 14.0. The summed E-state index contributed by atoms with van der Waals surface area (Å²) in [5.74, 6) is -0.771. The van der Waals surface area contributed by atoms with E-state index in [1.165, 1.54) is 11.0 Å². The molecule has 110 valence electrons. The summed E-state index contributed by atoms with van der Waals surface area (Å²) in [5.41, 5.74) is 8.15. The fraction of sp³-hybridized carbons (Fsp3) is 0.235. The van der Waals surface area contributed by atoms with Crippen LogP contribution in [0.15, 0.2) is 42.5 Å². The maximum Gasteiger partial charge on any atom is 0.256 e. The molecule has 3 nitrogen and oxygen atoms in total. The molecule has 0 aliphatic rings. The minimum Gasteiger partial charge on any atom is -0.337 e. The van der Waals surface area contributed by atoms with E-state index in [-0.39, 0.29) is 11.5 Å². The van der Waals surface area contributed by atoms with Crippen molar-refractivity contribution in [1.29, 1.82) is 0 Å². The number of hydrogen-bond acceptors (Lipinski definition) is 2. The van der Waals surface area contributed by atoms with E-state index in [0.717, 1.165) is 11.1 Å². The number of carbonyl (C=O) groups is 1. The van der Waals surface area contributed by atoms with Crippen molar-refractivity contribution in [3.8, 4) is 0 Å². The first-order valence-corrected chi connectivity index (χ1v) is 6.81. The number of amides is 1. The lowest BCUT2D eigenvalue weighted by molar-refractivity contribution is 0.0780. The molecular weight excluding hydrogens is 267 g/mol. The molecule has 0 saturated heterocycles. The summed E-state index contributed by atoms with van der Waals surface area (Å²) in [7, 11) is 1.67. The van der Waals surface area contributed by atoms with Crippen molar-refractivity contribution in [3.05, 3.63) is 70.5 Å². The van der Waals surface area contributed by atoms with Crippen LogP contribution in [0, 0.1) is 12.7 Å². The zero-order chi connectivity index (χ0) is 15.4. The Hall–Kier alpha value is -2.20. The van der Waals surface area contributed by atoms with E-state index in [1.807, 2.05) is 24.3 Å². The number of nitrogens with two attached hydrogens (primary N) is 1. The van der Waals surface area contributed by atoms with Crippen molar-refractivity contribution in [1.82, 2.24) is 4.90 Å². The molecule has 0 heterocycles. The molecule has 2 rings (SSSR count). The molecule has 0 saturated carbocycles. The normalized spacial score (nSPS) is 10.5. The van der Waals surface area contributed by atoms with E-state index in [2.05, 4.69) is 0 Å². The maximum atomic E-state index is 14.0. The maximum absolute atomic E-state index is 14.0. The minimum atomic E-state index is -0.451. The van der Waals surface area contributed by atoms with Gasteiger partial charge in [-0.05, 0) is 29.7 Å². The zero-order valence-corrected chi connectivity index (χ0v) is 12.3. The van der Waals surface area contributed by atoms with Gasteiger partial charge in [-0.25, -0.2) is 4.39 Å². The number of hydrogen-bond donors (Lipinski definition) is 1. The smallest absolute Gasteiger partial charge is 0.256 e. The van der Waals surface area contributed by atoms with Gasteiger partial charge in [0.2, 0.25) is 0 Å². The van der Waals surface area contributed by atoms with Gasteiger partial charge in [-0.1, -0.05) is 36.4 Å². The lowest BCUT2D eigenvalue weighted by Crippen LogP contribution is -2.27. The zero-order valence-electron chi connectivity index (χ0n) is 12.3. The number of carbonyl (C=O) groups excluding carboxylic acids is 1. The van der Waals surface area contributed by atoms with Crippen molar-refractivity contribution in [2.75, 3.05) is 7.05 Å². The Bertz CT molecular complexity index is 638. The van der Waals surface area contributed by atoms with Crippen LogP contribution in [0.3, 0.4) is 0 Å². The van der Waals surface area contributed by atoms with Gasteiger partial charge in [0.25, 0.3) is 5.91 Å². The molecule has 21 heavy (non-hydrogen) atoms. The van der Waals surface area contributed by atoms with Gasteiger partial charge in [-0.3, -0.25) is 4.79 Å². The van der Waals surface area contributed by atoms with Gasteiger partial charge in [-0.15, -0.1) is 0 Å². The second kappa shape index (κ2) is 6.50. The Kier molecular flexibility index (Phi) is 4.70. The van der Waals surface area contributed by atoms with Crippen LogP contribution in [0.2, 0.25) is 0 Å². The molecule has 0 aromatic heterocycles. The number of nitrogens with zero attached hydrogens (tertiary/aromatic N) is 1. The average Bonchev–Trinajstić information content (AvgIpc) is 2.50.